The normalized spacial score (nSPS) is 11.2. The van der Waals surface area contributed by atoms with E-state index in [4.69, 9.17) is 0 Å². The van der Waals surface area contributed by atoms with Crippen molar-refractivity contribution in [3.8, 4) is 0 Å². The number of aryl methyl sites for hydroxylation is 2. The second-order valence-corrected chi connectivity index (χ2v) is 6.05. The van der Waals surface area contributed by atoms with Gasteiger partial charge in [-0.3, -0.25) is 4.79 Å². The molecular weight excluding hydrogens is 244 g/mol. The maximum Gasteiger partial charge on any atom is 0.226 e. The van der Waals surface area contributed by atoms with Crippen molar-refractivity contribution in [3.05, 3.63) is 23.3 Å². The largest absolute Gasteiger partial charge is 0.302 e. The number of anilines is 1. The van der Waals surface area contributed by atoms with Gasteiger partial charge in [-0.2, -0.15) is 0 Å². The van der Waals surface area contributed by atoms with Crippen molar-refractivity contribution >= 4 is 32.6 Å². The molecule has 0 aliphatic rings. The number of hydrogen-bond donors (Lipinski definition) is 1. The Morgan fingerprint density at radius 2 is 2.11 bits per heavy atom. The topological polar surface area (TPSA) is 42.0 Å². The lowest BCUT2D eigenvalue weighted by Crippen LogP contribution is -2.13. The molecule has 0 bridgehead atoms. The Kier molecular flexibility index (Phi) is 3.66. The van der Waals surface area contributed by atoms with E-state index >= 15 is 0 Å². The number of aromatic nitrogens is 1. The van der Waals surface area contributed by atoms with Gasteiger partial charge in [-0.15, -0.1) is 0 Å². The molecule has 2 rings (SSSR count). The molecular formula is C14H18N2OS. The minimum atomic E-state index is 0.0402. The zero-order valence-corrected chi connectivity index (χ0v) is 12.0. The van der Waals surface area contributed by atoms with Gasteiger partial charge in [0.1, 0.15) is 0 Å². The van der Waals surface area contributed by atoms with Crippen molar-refractivity contribution in [2.45, 2.75) is 34.1 Å². The molecule has 0 aliphatic heterocycles. The third-order valence-electron chi connectivity index (χ3n) is 2.92. The lowest BCUT2D eigenvalue weighted by atomic mass is 10.1. The first-order valence-corrected chi connectivity index (χ1v) is 6.95. The Balaban J connectivity index is 2.25. The average Bonchev–Trinajstić information content (AvgIpc) is 2.66. The van der Waals surface area contributed by atoms with Crippen LogP contribution < -0.4 is 5.32 Å². The van der Waals surface area contributed by atoms with Crippen molar-refractivity contribution in [1.82, 2.24) is 4.98 Å². The van der Waals surface area contributed by atoms with Gasteiger partial charge in [0.2, 0.25) is 5.91 Å². The smallest absolute Gasteiger partial charge is 0.226 e. The minimum Gasteiger partial charge on any atom is -0.302 e. The van der Waals surface area contributed by atoms with Gasteiger partial charge in [0.25, 0.3) is 0 Å². The molecule has 1 aromatic carbocycles. The van der Waals surface area contributed by atoms with E-state index in [2.05, 4.69) is 36.3 Å². The number of thiazole rings is 1. The van der Waals surface area contributed by atoms with E-state index in [0.29, 0.717) is 17.5 Å². The molecule has 2 aromatic rings. The summed E-state index contributed by atoms with van der Waals surface area (Å²) >= 11 is 1.53. The first-order chi connectivity index (χ1) is 8.47. The number of nitrogens with zero attached hydrogens (tertiary/aromatic N) is 1. The van der Waals surface area contributed by atoms with Crippen LogP contribution >= 0.6 is 11.3 Å². The highest BCUT2D eigenvalue weighted by atomic mass is 32.1. The number of amides is 1. The molecule has 0 fully saturated rings. The maximum absolute atomic E-state index is 11.7. The predicted molar refractivity (Wildman–Crippen MR) is 77.2 cm³/mol. The average molecular weight is 262 g/mol. The van der Waals surface area contributed by atoms with E-state index in [0.717, 1.165) is 10.2 Å². The summed E-state index contributed by atoms with van der Waals surface area (Å²) < 4.78 is 1.12. The Morgan fingerprint density at radius 1 is 1.39 bits per heavy atom. The number of fused-ring (bicyclic) bond motifs is 1. The monoisotopic (exact) mass is 262 g/mol. The lowest BCUT2D eigenvalue weighted by Gasteiger charge is -2.03. The van der Waals surface area contributed by atoms with Gasteiger partial charge in [0.05, 0.1) is 10.2 Å². The van der Waals surface area contributed by atoms with Crippen LogP contribution in [0.5, 0.6) is 0 Å². The molecule has 96 valence electrons. The third kappa shape index (κ3) is 2.70. The van der Waals surface area contributed by atoms with Crippen molar-refractivity contribution in [2.75, 3.05) is 5.32 Å². The summed E-state index contributed by atoms with van der Waals surface area (Å²) in [4.78, 5) is 16.2. The summed E-state index contributed by atoms with van der Waals surface area (Å²) in [7, 11) is 0. The second-order valence-electron chi connectivity index (χ2n) is 5.02. The van der Waals surface area contributed by atoms with Crippen LogP contribution in [0.4, 0.5) is 5.13 Å². The second kappa shape index (κ2) is 5.06. The highest BCUT2D eigenvalue weighted by Crippen LogP contribution is 2.29. The van der Waals surface area contributed by atoms with Gasteiger partial charge >= 0.3 is 0 Å². The molecule has 1 aromatic heterocycles. The maximum atomic E-state index is 11.7. The Bertz CT molecular complexity index is 587. The molecule has 0 aliphatic carbocycles. The predicted octanol–water partition coefficient (Wildman–Crippen LogP) is 3.90. The summed E-state index contributed by atoms with van der Waals surface area (Å²) in [6, 6.07) is 4.16. The Labute approximate surface area is 111 Å². The fraction of sp³-hybridized carbons (Fsp3) is 0.429. The highest BCUT2D eigenvalue weighted by molar-refractivity contribution is 7.22. The molecule has 1 heterocycles. The number of hydrogen-bond acceptors (Lipinski definition) is 3. The van der Waals surface area contributed by atoms with Gasteiger partial charge in [-0.25, -0.2) is 4.98 Å². The van der Waals surface area contributed by atoms with Crippen LogP contribution in [0, 0.1) is 19.8 Å². The molecule has 4 heteroatoms. The quantitative estimate of drug-likeness (QED) is 0.911. The van der Waals surface area contributed by atoms with Crippen molar-refractivity contribution in [2.24, 2.45) is 5.92 Å². The van der Waals surface area contributed by atoms with Crippen LogP contribution in [-0.4, -0.2) is 10.9 Å². The molecule has 0 atom stereocenters. The molecule has 1 N–H and O–H groups in total. The van der Waals surface area contributed by atoms with Crippen molar-refractivity contribution in [3.63, 3.8) is 0 Å². The molecule has 0 unspecified atom stereocenters. The van der Waals surface area contributed by atoms with E-state index in [1.54, 1.807) is 0 Å². The molecule has 0 saturated heterocycles. The molecule has 1 amide bonds. The standard InChI is InChI=1S/C14H18N2OS/c1-8(2)7-12(17)15-14-16-13-10(4)9(3)5-6-11(13)18-14/h5-6,8H,7H2,1-4H3,(H,15,16,17). The first kappa shape index (κ1) is 13.0. The summed E-state index contributed by atoms with van der Waals surface area (Å²) in [6.45, 7) is 8.21. The third-order valence-corrected chi connectivity index (χ3v) is 3.86. The van der Waals surface area contributed by atoms with Gasteiger partial charge in [0.15, 0.2) is 5.13 Å². The van der Waals surface area contributed by atoms with Crippen LogP contribution in [0.15, 0.2) is 12.1 Å². The zero-order chi connectivity index (χ0) is 13.3. The van der Waals surface area contributed by atoms with E-state index in [-0.39, 0.29) is 5.91 Å². The molecule has 3 nitrogen and oxygen atoms in total. The number of nitrogens with one attached hydrogen (secondary N) is 1. The molecule has 0 spiro atoms. The molecule has 0 saturated carbocycles. The zero-order valence-electron chi connectivity index (χ0n) is 11.2. The Hall–Kier alpha value is -1.42. The van der Waals surface area contributed by atoms with Crippen molar-refractivity contribution < 1.29 is 4.79 Å². The summed E-state index contributed by atoms with van der Waals surface area (Å²) in [6.07, 6.45) is 0.536. The van der Waals surface area contributed by atoms with Crippen LogP contribution in [0.25, 0.3) is 10.2 Å². The number of benzene rings is 1. The van der Waals surface area contributed by atoms with Gasteiger partial charge in [-0.05, 0) is 37.0 Å². The van der Waals surface area contributed by atoms with E-state index in [9.17, 15) is 4.79 Å². The number of carbonyl (C=O) groups excluding carboxylic acids is 1. The van der Waals surface area contributed by atoms with Crippen molar-refractivity contribution in [1.29, 1.82) is 0 Å². The lowest BCUT2D eigenvalue weighted by molar-refractivity contribution is -0.116. The highest BCUT2D eigenvalue weighted by Gasteiger charge is 2.11. The summed E-state index contributed by atoms with van der Waals surface area (Å²) in [5.74, 6) is 0.404. The van der Waals surface area contributed by atoms with Crippen LogP contribution in [-0.2, 0) is 4.79 Å². The molecule has 0 radical (unpaired) electrons. The Morgan fingerprint density at radius 3 is 2.78 bits per heavy atom. The summed E-state index contributed by atoms with van der Waals surface area (Å²) in [5.41, 5.74) is 3.42. The molecule has 18 heavy (non-hydrogen) atoms. The van der Waals surface area contributed by atoms with Gasteiger partial charge in [-0.1, -0.05) is 31.3 Å². The van der Waals surface area contributed by atoms with Crippen LogP contribution in [0.2, 0.25) is 0 Å². The van der Waals surface area contributed by atoms with E-state index in [1.165, 1.54) is 22.5 Å². The van der Waals surface area contributed by atoms with Gasteiger partial charge < -0.3 is 5.32 Å². The van der Waals surface area contributed by atoms with Crippen LogP contribution in [0.1, 0.15) is 31.4 Å². The van der Waals surface area contributed by atoms with E-state index in [1.807, 2.05) is 13.8 Å². The fourth-order valence-electron chi connectivity index (χ4n) is 1.82. The van der Waals surface area contributed by atoms with E-state index < -0.39 is 0 Å². The van der Waals surface area contributed by atoms with Gasteiger partial charge in [0, 0.05) is 6.42 Å². The minimum absolute atomic E-state index is 0.0402. The number of carbonyl (C=O) groups is 1. The van der Waals surface area contributed by atoms with Crippen LogP contribution in [0.3, 0.4) is 0 Å². The first-order valence-electron chi connectivity index (χ1n) is 6.14. The number of rotatable bonds is 3. The fourth-order valence-corrected chi connectivity index (χ4v) is 2.76. The summed E-state index contributed by atoms with van der Waals surface area (Å²) in [5, 5.41) is 3.58. The SMILES string of the molecule is Cc1ccc2sc(NC(=O)CC(C)C)nc2c1C.